The van der Waals surface area contributed by atoms with Crippen molar-refractivity contribution in [1.29, 1.82) is 0 Å². The van der Waals surface area contributed by atoms with Gasteiger partial charge in [-0.3, -0.25) is 9.69 Å². The fourth-order valence-electron chi connectivity index (χ4n) is 3.27. The average Bonchev–Trinajstić information content (AvgIpc) is 3.07. The van der Waals surface area contributed by atoms with E-state index in [-0.39, 0.29) is 22.4 Å². The molecule has 3 aromatic carbocycles. The third kappa shape index (κ3) is 5.32. The van der Waals surface area contributed by atoms with E-state index in [1.54, 1.807) is 42.5 Å². The van der Waals surface area contributed by atoms with Gasteiger partial charge in [0.05, 0.1) is 21.7 Å². The Balaban J connectivity index is 1.60. The smallest absolute Gasteiger partial charge is 0.270 e. The lowest BCUT2D eigenvalue weighted by molar-refractivity contribution is -0.113. The summed E-state index contributed by atoms with van der Waals surface area (Å²) in [4.78, 5) is 14.6. The molecule has 0 radical (unpaired) electrons. The van der Waals surface area contributed by atoms with Crippen LogP contribution in [0.1, 0.15) is 18.1 Å². The number of rotatable bonds is 7. The molecule has 0 bridgehead atoms. The molecule has 9 heteroatoms. The van der Waals surface area contributed by atoms with Gasteiger partial charge in [-0.15, -0.1) is 0 Å². The van der Waals surface area contributed by atoms with Crippen molar-refractivity contribution in [3.8, 4) is 11.5 Å². The van der Waals surface area contributed by atoms with Crippen molar-refractivity contribution in [1.82, 2.24) is 0 Å². The Labute approximate surface area is 213 Å². The van der Waals surface area contributed by atoms with Crippen molar-refractivity contribution < 1.29 is 23.0 Å². The number of benzene rings is 3. The van der Waals surface area contributed by atoms with Gasteiger partial charge in [-0.2, -0.15) is 0 Å². The summed E-state index contributed by atoms with van der Waals surface area (Å²) in [5, 5.41) is 0. The van der Waals surface area contributed by atoms with E-state index in [0.717, 1.165) is 17.3 Å². The van der Waals surface area contributed by atoms with Crippen LogP contribution in [0.3, 0.4) is 0 Å². The molecular weight excluding hydrogens is 544 g/mol. The summed E-state index contributed by atoms with van der Waals surface area (Å²) in [5.74, 6) is -0.267. The molecule has 4 nitrogen and oxygen atoms in total. The molecule has 0 atom stereocenters. The highest BCUT2D eigenvalue weighted by atomic mass is 79.9. The Morgan fingerprint density at radius 1 is 1.09 bits per heavy atom. The summed E-state index contributed by atoms with van der Waals surface area (Å²) in [5.41, 5.74) is 1.60. The predicted octanol–water partition coefficient (Wildman–Crippen LogP) is 7.11. The van der Waals surface area contributed by atoms with Gasteiger partial charge in [0.2, 0.25) is 0 Å². The molecule has 1 fully saturated rings. The van der Waals surface area contributed by atoms with Crippen LogP contribution in [0.2, 0.25) is 0 Å². The second-order valence-electron chi connectivity index (χ2n) is 7.15. The van der Waals surface area contributed by atoms with Gasteiger partial charge in [0.25, 0.3) is 5.91 Å². The summed E-state index contributed by atoms with van der Waals surface area (Å²) >= 11 is 9.96. The highest BCUT2D eigenvalue weighted by Gasteiger charge is 2.34. The molecule has 4 rings (SSSR count). The van der Waals surface area contributed by atoms with Crippen LogP contribution >= 0.6 is 39.9 Å². The maximum absolute atomic E-state index is 14.3. The summed E-state index contributed by atoms with van der Waals surface area (Å²) in [6.45, 7) is 2.47. The quantitative estimate of drug-likeness (QED) is 0.227. The standard InChI is InChI=1S/C25H18BrF2NO3S2/c1-2-31-21-12-16(11-18(26)23(21)32-14-15-7-9-17(27)10-8-15)13-22-24(30)29(25(33)34-22)20-6-4-3-5-19(20)28/h3-13H,2,14H2,1H3/b22-13+. The molecule has 174 valence electrons. The monoisotopic (exact) mass is 561 g/mol. The number of amides is 1. The molecule has 1 aliphatic rings. The van der Waals surface area contributed by atoms with Crippen molar-refractivity contribution in [3.05, 3.63) is 92.8 Å². The van der Waals surface area contributed by atoms with Crippen LogP contribution in [-0.4, -0.2) is 16.8 Å². The molecule has 1 saturated heterocycles. The third-order valence-electron chi connectivity index (χ3n) is 4.81. The minimum absolute atomic E-state index is 0.120. The number of halogens is 3. The second-order valence-corrected chi connectivity index (χ2v) is 9.68. The first-order valence-corrected chi connectivity index (χ1v) is 12.2. The van der Waals surface area contributed by atoms with E-state index in [9.17, 15) is 13.6 Å². The summed E-state index contributed by atoms with van der Waals surface area (Å²) in [6, 6.07) is 15.6. The molecule has 0 aromatic heterocycles. The maximum Gasteiger partial charge on any atom is 0.270 e. The highest BCUT2D eigenvalue weighted by Crippen LogP contribution is 2.41. The van der Waals surface area contributed by atoms with Gasteiger partial charge in [0.15, 0.2) is 15.8 Å². The van der Waals surface area contributed by atoms with Gasteiger partial charge in [-0.25, -0.2) is 8.78 Å². The SMILES string of the molecule is CCOc1cc(/C=C2/SC(=S)N(c3ccccc3F)C2=O)cc(Br)c1OCc1ccc(F)cc1. The molecule has 0 saturated carbocycles. The number of thiocarbonyl (C=S) groups is 1. The van der Waals surface area contributed by atoms with Crippen LogP contribution in [0.15, 0.2) is 70.0 Å². The molecule has 1 heterocycles. The Bertz CT molecular complexity index is 1280. The fourth-order valence-corrected chi connectivity index (χ4v) is 5.13. The van der Waals surface area contributed by atoms with Crippen LogP contribution in [0.4, 0.5) is 14.5 Å². The minimum Gasteiger partial charge on any atom is -0.490 e. The molecule has 34 heavy (non-hydrogen) atoms. The van der Waals surface area contributed by atoms with E-state index < -0.39 is 11.7 Å². The van der Waals surface area contributed by atoms with E-state index in [0.29, 0.717) is 33.0 Å². The van der Waals surface area contributed by atoms with Crippen LogP contribution in [0, 0.1) is 11.6 Å². The summed E-state index contributed by atoms with van der Waals surface area (Å²) < 4.78 is 40.0. The van der Waals surface area contributed by atoms with Crippen molar-refractivity contribution >= 4 is 61.9 Å². The van der Waals surface area contributed by atoms with Gasteiger partial charge in [0, 0.05) is 0 Å². The Morgan fingerprint density at radius 3 is 2.53 bits per heavy atom. The van der Waals surface area contributed by atoms with E-state index in [2.05, 4.69) is 15.9 Å². The molecule has 0 spiro atoms. The highest BCUT2D eigenvalue weighted by molar-refractivity contribution is 9.10. The Kier molecular flexibility index (Phi) is 7.65. The topological polar surface area (TPSA) is 38.8 Å². The summed E-state index contributed by atoms with van der Waals surface area (Å²) in [7, 11) is 0. The lowest BCUT2D eigenvalue weighted by Crippen LogP contribution is -2.28. The number of nitrogens with zero attached hydrogens (tertiary/aromatic N) is 1. The number of hydrogen-bond donors (Lipinski definition) is 0. The van der Waals surface area contributed by atoms with Crippen LogP contribution in [0.25, 0.3) is 6.08 Å². The number of carbonyl (C=O) groups excluding carboxylic acids is 1. The van der Waals surface area contributed by atoms with Crippen LogP contribution in [0.5, 0.6) is 11.5 Å². The largest absolute Gasteiger partial charge is 0.490 e. The molecule has 3 aromatic rings. The Hall–Kier alpha value is -2.75. The number of anilines is 1. The zero-order valence-corrected chi connectivity index (χ0v) is 21.1. The van der Waals surface area contributed by atoms with Crippen molar-refractivity contribution in [2.75, 3.05) is 11.5 Å². The second kappa shape index (κ2) is 10.7. The molecule has 1 amide bonds. The van der Waals surface area contributed by atoms with E-state index in [1.165, 1.54) is 29.2 Å². The minimum atomic E-state index is -0.524. The van der Waals surface area contributed by atoms with E-state index >= 15 is 0 Å². The first-order chi connectivity index (χ1) is 16.4. The number of ether oxygens (including phenoxy) is 2. The van der Waals surface area contributed by atoms with Crippen molar-refractivity contribution in [2.24, 2.45) is 0 Å². The zero-order valence-electron chi connectivity index (χ0n) is 17.9. The number of hydrogen-bond acceptors (Lipinski definition) is 5. The molecule has 0 N–H and O–H groups in total. The van der Waals surface area contributed by atoms with Gasteiger partial charge in [0.1, 0.15) is 18.2 Å². The fraction of sp³-hybridized carbons (Fsp3) is 0.120. The molecular formula is C25H18BrF2NO3S2. The normalized spacial score (nSPS) is 14.7. The zero-order chi connectivity index (χ0) is 24.2. The third-order valence-corrected chi connectivity index (χ3v) is 6.70. The number of para-hydroxylation sites is 1. The number of thioether (sulfide) groups is 1. The average molecular weight is 562 g/mol. The molecule has 0 aliphatic carbocycles. The van der Waals surface area contributed by atoms with Gasteiger partial charge in [-0.1, -0.05) is 48.2 Å². The van der Waals surface area contributed by atoms with Crippen LogP contribution < -0.4 is 14.4 Å². The van der Waals surface area contributed by atoms with Gasteiger partial charge in [-0.05, 0) is 76.5 Å². The van der Waals surface area contributed by atoms with Crippen molar-refractivity contribution in [3.63, 3.8) is 0 Å². The Morgan fingerprint density at radius 2 is 1.82 bits per heavy atom. The first-order valence-electron chi connectivity index (χ1n) is 10.2. The summed E-state index contributed by atoms with van der Waals surface area (Å²) in [6.07, 6.45) is 1.68. The van der Waals surface area contributed by atoms with Crippen molar-refractivity contribution in [2.45, 2.75) is 13.5 Å². The van der Waals surface area contributed by atoms with Crippen LogP contribution in [-0.2, 0) is 11.4 Å². The van der Waals surface area contributed by atoms with Gasteiger partial charge < -0.3 is 9.47 Å². The first kappa shape index (κ1) is 24.4. The molecule has 1 aliphatic heterocycles. The lowest BCUT2D eigenvalue weighted by Gasteiger charge is -2.15. The molecule has 0 unspecified atom stereocenters. The lowest BCUT2D eigenvalue weighted by atomic mass is 10.1. The number of carbonyl (C=O) groups is 1. The van der Waals surface area contributed by atoms with E-state index in [1.807, 2.05) is 6.92 Å². The van der Waals surface area contributed by atoms with E-state index in [4.69, 9.17) is 21.7 Å². The predicted molar refractivity (Wildman–Crippen MR) is 138 cm³/mol. The van der Waals surface area contributed by atoms with Gasteiger partial charge >= 0.3 is 0 Å². The maximum atomic E-state index is 14.3.